The molecule has 0 aliphatic rings. The Morgan fingerprint density at radius 3 is 2.89 bits per heavy atom. The van der Waals surface area contributed by atoms with Crippen LogP contribution in [0.15, 0.2) is 47.6 Å². The van der Waals surface area contributed by atoms with Gasteiger partial charge < -0.3 is 5.73 Å². The molecule has 0 bridgehead atoms. The number of nitrogen functional groups attached to an aromatic ring is 1. The van der Waals surface area contributed by atoms with Gasteiger partial charge in [-0.15, -0.1) is 0 Å². The summed E-state index contributed by atoms with van der Waals surface area (Å²) in [5.74, 6) is 0.766. The number of para-hydroxylation sites is 1. The summed E-state index contributed by atoms with van der Waals surface area (Å²) in [5, 5.41) is 6.61. The Morgan fingerprint density at radius 1 is 1.21 bits per heavy atom. The number of rotatable bonds is 3. The summed E-state index contributed by atoms with van der Waals surface area (Å²) < 4.78 is 1.91. The van der Waals surface area contributed by atoms with Gasteiger partial charge in [0, 0.05) is 24.4 Å². The second-order valence-electron chi connectivity index (χ2n) is 4.27. The summed E-state index contributed by atoms with van der Waals surface area (Å²) in [6.07, 6.45) is 1.76. The van der Waals surface area contributed by atoms with Crippen molar-refractivity contribution in [2.24, 2.45) is 7.05 Å². The van der Waals surface area contributed by atoms with E-state index in [0.29, 0.717) is 5.69 Å². The average molecular weight is 270 g/mol. The Kier molecular flexibility index (Phi) is 3.13. The number of hydrogen-bond acceptors (Lipinski definition) is 4. The predicted octanol–water partition coefficient (Wildman–Crippen LogP) is 2.84. The first-order valence-corrected chi connectivity index (χ1v) is 6.98. The van der Waals surface area contributed by atoms with Gasteiger partial charge in [-0.25, -0.2) is 4.98 Å². The Labute approximate surface area is 115 Å². The SMILES string of the molecule is Cn1nc(CSc2ncccc2N)c2ccccc21. The fourth-order valence-corrected chi connectivity index (χ4v) is 2.91. The lowest BCUT2D eigenvalue weighted by molar-refractivity contribution is 0.781. The van der Waals surface area contributed by atoms with Crippen molar-refractivity contribution in [1.82, 2.24) is 14.8 Å². The monoisotopic (exact) mass is 270 g/mol. The zero-order valence-corrected chi connectivity index (χ0v) is 11.4. The fraction of sp³-hybridized carbons (Fsp3) is 0.143. The molecular weight excluding hydrogens is 256 g/mol. The van der Waals surface area contributed by atoms with Gasteiger partial charge in [-0.1, -0.05) is 30.0 Å². The number of anilines is 1. The van der Waals surface area contributed by atoms with Crippen LogP contribution in [0.2, 0.25) is 0 Å². The Morgan fingerprint density at radius 2 is 2.05 bits per heavy atom. The zero-order chi connectivity index (χ0) is 13.2. The van der Waals surface area contributed by atoms with Gasteiger partial charge in [0.1, 0.15) is 5.03 Å². The Hall–Kier alpha value is -2.01. The van der Waals surface area contributed by atoms with Crippen LogP contribution in [0.3, 0.4) is 0 Å². The van der Waals surface area contributed by atoms with Gasteiger partial charge in [-0.2, -0.15) is 5.10 Å². The number of aryl methyl sites for hydroxylation is 1. The third kappa shape index (κ3) is 2.29. The molecule has 0 aliphatic carbocycles. The Balaban J connectivity index is 1.88. The molecule has 2 N–H and O–H groups in total. The molecule has 3 aromatic rings. The second-order valence-corrected chi connectivity index (χ2v) is 5.24. The summed E-state index contributed by atoms with van der Waals surface area (Å²) in [7, 11) is 1.96. The molecular formula is C14H14N4S. The van der Waals surface area contributed by atoms with Crippen LogP contribution < -0.4 is 5.73 Å². The largest absolute Gasteiger partial charge is 0.397 e. The fourth-order valence-electron chi connectivity index (χ4n) is 2.06. The molecule has 2 aromatic heterocycles. The van der Waals surface area contributed by atoms with Crippen molar-refractivity contribution in [2.45, 2.75) is 10.8 Å². The number of fused-ring (bicyclic) bond motifs is 1. The van der Waals surface area contributed by atoms with E-state index in [1.807, 2.05) is 36.0 Å². The van der Waals surface area contributed by atoms with Gasteiger partial charge >= 0.3 is 0 Å². The predicted molar refractivity (Wildman–Crippen MR) is 78.9 cm³/mol. The Bertz CT molecular complexity index is 720. The maximum absolute atomic E-state index is 5.89. The molecule has 0 radical (unpaired) electrons. The van der Waals surface area contributed by atoms with Crippen LogP contribution >= 0.6 is 11.8 Å². The zero-order valence-electron chi connectivity index (χ0n) is 10.6. The van der Waals surface area contributed by atoms with E-state index in [1.165, 1.54) is 5.39 Å². The first-order chi connectivity index (χ1) is 9.25. The highest BCUT2D eigenvalue weighted by atomic mass is 32.2. The molecule has 1 aromatic carbocycles. The number of benzene rings is 1. The lowest BCUT2D eigenvalue weighted by atomic mass is 10.2. The van der Waals surface area contributed by atoms with Crippen molar-refractivity contribution in [3.8, 4) is 0 Å². The van der Waals surface area contributed by atoms with Crippen molar-refractivity contribution in [3.05, 3.63) is 48.3 Å². The highest BCUT2D eigenvalue weighted by Gasteiger charge is 2.09. The minimum atomic E-state index is 0.715. The molecule has 5 heteroatoms. The number of aromatic nitrogens is 3. The molecule has 96 valence electrons. The molecule has 0 fully saturated rings. The van der Waals surface area contributed by atoms with Crippen LogP contribution in [0.5, 0.6) is 0 Å². The van der Waals surface area contributed by atoms with Crippen LogP contribution in [0, 0.1) is 0 Å². The summed E-state index contributed by atoms with van der Waals surface area (Å²) >= 11 is 1.62. The van der Waals surface area contributed by atoms with Gasteiger partial charge in [-0.3, -0.25) is 4.68 Å². The maximum atomic E-state index is 5.89. The molecule has 4 nitrogen and oxygen atoms in total. The molecule has 0 aliphatic heterocycles. The molecule has 0 amide bonds. The van der Waals surface area contributed by atoms with Crippen molar-refractivity contribution in [1.29, 1.82) is 0 Å². The van der Waals surface area contributed by atoms with Crippen molar-refractivity contribution < 1.29 is 0 Å². The van der Waals surface area contributed by atoms with E-state index in [-0.39, 0.29) is 0 Å². The highest BCUT2D eigenvalue weighted by Crippen LogP contribution is 2.28. The molecule has 0 atom stereocenters. The van der Waals surface area contributed by atoms with Crippen LogP contribution in [0.25, 0.3) is 10.9 Å². The highest BCUT2D eigenvalue weighted by molar-refractivity contribution is 7.98. The third-order valence-electron chi connectivity index (χ3n) is 2.98. The molecule has 3 rings (SSSR count). The van der Waals surface area contributed by atoms with E-state index in [2.05, 4.69) is 22.2 Å². The molecule has 19 heavy (non-hydrogen) atoms. The van der Waals surface area contributed by atoms with Crippen molar-refractivity contribution in [3.63, 3.8) is 0 Å². The molecule has 0 unspecified atom stereocenters. The molecule has 0 saturated carbocycles. The lowest BCUT2D eigenvalue weighted by Gasteiger charge is -2.02. The normalized spacial score (nSPS) is 11.0. The quantitative estimate of drug-likeness (QED) is 0.743. The smallest absolute Gasteiger partial charge is 0.119 e. The van der Waals surface area contributed by atoms with E-state index < -0.39 is 0 Å². The van der Waals surface area contributed by atoms with Gasteiger partial charge in [0.15, 0.2) is 0 Å². The van der Waals surface area contributed by atoms with Gasteiger partial charge in [0.05, 0.1) is 16.9 Å². The van der Waals surface area contributed by atoms with Crippen LogP contribution in [-0.2, 0) is 12.8 Å². The first kappa shape index (κ1) is 12.0. The molecule has 0 spiro atoms. The number of thioether (sulfide) groups is 1. The maximum Gasteiger partial charge on any atom is 0.119 e. The van der Waals surface area contributed by atoms with Gasteiger partial charge in [0.2, 0.25) is 0 Å². The average Bonchev–Trinajstić information content (AvgIpc) is 2.75. The molecule has 0 saturated heterocycles. The third-order valence-corrected chi connectivity index (χ3v) is 4.01. The van der Waals surface area contributed by atoms with Crippen LogP contribution in [0.1, 0.15) is 5.69 Å². The minimum Gasteiger partial charge on any atom is -0.397 e. The second kappa shape index (κ2) is 4.93. The van der Waals surface area contributed by atoms with E-state index in [0.717, 1.165) is 22.0 Å². The van der Waals surface area contributed by atoms with Crippen LogP contribution in [0.4, 0.5) is 5.69 Å². The summed E-state index contributed by atoms with van der Waals surface area (Å²) in [4.78, 5) is 4.28. The van der Waals surface area contributed by atoms with Crippen molar-refractivity contribution >= 4 is 28.4 Å². The summed E-state index contributed by atoms with van der Waals surface area (Å²) in [6, 6.07) is 11.9. The van der Waals surface area contributed by atoms with E-state index in [1.54, 1.807) is 18.0 Å². The van der Waals surface area contributed by atoms with Crippen LogP contribution in [-0.4, -0.2) is 14.8 Å². The standard InChI is InChI=1S/C14H14N4S/c1-18-13-7-3-2-5-10(13)12(17-18)9-19-14-11(15)6-4-8-16-14/h2-8H,9,15H2,1H3. The topological polar surface area (TPSA) is 56.7 Å². The number of nitrogens with zero attached hydrogens (tertiary/aromatic N) is 3. The first-order valence-electron chi connectivity index (χ1n) is 5.99. The number of hydrogen-bond donors (Lipinski definition) is 1. The van der Waals surface area contributed by atoms with E-state index in [9.17, 15) is 0 Å². The summed E-state index contributed by atoms with van der Waals surface area (Å²) in [5.41, 5.74) is 8.82. The van der Waals surface area contributed by atoms with E-state index in [4.69, 9.17) is 5.73 Å². The molecule has 2 heterocycles. The number of nitrogens with two attached hydrogens (primary N) is 1. The lowest BCUT2D eigenvalue weighted by Crippen LogP contribution is -1.93. The number of pyridine rings is 1. The minimum absolute atomic E-state index is 0.715. The van der Waals surface area contributed by atoms with Crippen molar-refractivity contribution in [2.75, 3.05) is 5.73 Å². The van der Waals surface area contributed by atoms with Gasteiger partial charge in [0.25, 0.3) is 0 Å². The summed E-state index contributed by atoms with van der Waals surface area (Å²) in [6.45, 7) is 0. The van der Waals surface area contributed by atoms with E-state index >= 15 is 0 Å². The van der Waals surface area contributed by atoms with Gasteiger partial charge in [-0.05, 0) is 18.2 Å².